The lowest BCUT2D eigenvalue weighted by molar-refractivity contribution is 0.425. The van der Waals surface area contributed by atoms with Crippen molar-refractivity contribution in [2.75, 3.05) is 13.1 Å². The number of halogens is 3. The number of hydrogen-bond donors (Lipinski definition) is 1. The minimum Gasteiger partial charge on any atom is -0.316 e. The Balaban J connectivity index is 2.45. The molecular formula is C12H14BrF2N. The zero-order valence-corrected chi connectivity index (χ0v) is 10.7. The van der Waals surface area contributed by atoms with Crippen LogP contribution in [0.5, 0.6) is 0 Å². The first-order valence-corrected chi connectivity index (χ1v) is 6.25. The van der Waals surface area contributed by atoms with E-state index in [1.54, 1.807) is 6.92 Å². The molecular weight excluding hydrogens is 276 g/mol. The Morgan fingerprint density at radius 3 is 2.75 bits per heavy atom. The van der Waals surface area contributed by atoms with Gasteiger partial charge in [0, 0.05) is 18.0 Å². The molecule has 1 aliphatic rings. The zero-order valence-electron chi connectivity index (χ0n) is 9.12. The highest BCUT2D eigenvalue weighted by atomic mass is 79.9. The predicted octanol–water partition coefficient (Wildman–Crippen LogP) is 3.50. The normalized spacial score (nSPS) is 21.1. The summed E-state index contributed by atoms with van der Waals surface area (Å²) >= 11 is 3.14. The largest absolute Gasteiger partial charge is 0.316 e. The Kier molecular flexibility index (Phi) is 3.60. The summed E-state index contributed by atoms with van der Waals surface area (Å²) in [6.07, 6.45) is 1.81. The summed E-state index contributed by atoms with van der Waals surface area (Å²) in [5.41, 5.74) is 0.730. The van der Waals surface area contributed by atoms with E-state index in [1.807, 2.05) is 0 Å². The smallest absolute Gasteiger partial charge is 0.143 e. The van der Waals surface area contributed by atoms with Gasteiger partial charge in [-0.2, -0.15) is 0 Å². The predicted molar refractivity (Wildman–Crippen MR) is 63.6 cm³/mol. The molecule has 0 saturated carbocycles. The van der Waals surface area contributed by atoms with Gasteiger partial charge in [0.1, 0.15) is 11.6 Å². The molecule has 1 N–H and O–H groups in total. The molecule has 0 amide bonds. The number of rotatable bonds is 1. The molecule has 0 aliphatic carbocycles. The number of benzene rings is 1. The molecule has 0 bridgehead atoms. The van der Waals surface area contributed by atoms with Crippen LogP contribution in [0.1, 0.15) is 29.9 Å². The SMILES string of the molecule is Cc1cc(Br)c(F)c(C2CCCNC2)c1F. The number of nitrogens with one attached hydrogen (secondary N) is 1. The van der Waals surface area contributed by atoms with Crippen molar-refractivity contribution in [1.82, 2.24) is 5.32 Å². The molecule has 1 fully saturated rings. The maximum atomic E-state index is 13.9. The monoisotopic (exact) mass is 289 g/mol. The Labute approximate surface area is 102 Å². The number of piperidine rings is 1. The van der Waals surface area contributed by atoms with Crippen LogP contribution in [0.4, 0.5) is 8.78 Å². The molecule has 1 atom stereocenters. The van der Waals surface area contributed by atoms with E-state index in [0.29, 0.717) is 16.6 Å². The van der Waals surface area contributed by atoms with Crippen molar-refractivity contribution in [2.24, 2.45) is 0 Å². The van der Waals surface area contributed by atoms with Crippen molar-refractivity contribution < 1.29 is 8.78 Å². The zero-order chi connectivity index (χ0) is 11.7. The van der Waals surface area contributed by atoms with Crippen LogP contribution in [-0.2, 0) is 0 Å². The third-order valence-electron chi connectivity index (χ3n) is 3.08. The van der Waals surface area contributed by atoms with Gasteiger partial charge >= 0.3 is 0 Å². The lowest BCUT2D eigenvalue weighted by Gasteiger charge is -2.24. The van der Waals surface area contributed by atoms with Gasteiger partial charge in [0.05, 0.1) is 4.47 Å². The fraction of sp³-hybridized carbons (Fsp3) is 0.500. The summed E-state index contributed by atoms with van der Waals surface area (Å²) in [6, 6.07) is 1.49. The maximum absolute atomic E-state index is 13.9. The lowest BCUT2D eigenvalue weighted by Crippen LogP contribution is -2.29. The highest BCUT2D eigenvalue weighted by molar-refractivity contribution is 9.10. The van der Waals surface area contributed by atoms with Crippen molar-refractivity contribution in [3.8, 4) is 0 Å². The Hall–Kier alpha value is -0.480. The van der Waals surface area contributed by atoms with E-state index in [4.69, 9.17) is 0 Å². The van der Waals surface area contributed by atoms with E-state index < -0.39 is 11.6 Å². The van der Waals surface area contributed by atoms with Gasteiger partial charge in [0.2, 0.25) is 0 Å². The summed E-state index contributed by atoms with van der Waals surface area (Å²) in [5, 5.41) is 3.18. The molecule has 16 heavy (non-hydrogen) atoms. The van der Waals surface area contributed by atoms with E-state index >= 15 is 0 Å². The van der Waals surface area contributed by atoms with E-state index in [1.165, 1.54) is 6.07 Å². The van der Waals surface area contributed by atoms with Crippen molar-refractivity contribution in [2.45, 2.75) is 25.7 Å². The Morgan fingerprint density at radius 2 is 2.12 bits per heavy atom. The summed E-state index contributed by atoms with van der Waals surface area (Å²) in [4.78, 5) is 0. The second-order valence-electron chi connectivity index (χ2n) is 4.26. The molecule has 1 aromatic carbocycles. The van der Waals surface area contributed by atoms with Crippen LogP contribution in [-0.4, -0.2) is 13.1 Å². The molecule has 1 aliphatic heterocycles. The third-order valence-corrected chi connectivity index (χ3v) is 3.65. The second kappa shape index (κ2) is 4.80. The first-order valence-electron chi connectivity index (χ1n) is 5.46. The van der Waals surface area contributed by atoms with Crippen molar-refractivity contribution >= 4 is 15.9 Å². The first kappa shape index (κ1) is 12.0. The van der Waals surface area contributed by atoms with Crippen LogP contribution in [0.2, 0.25) is 0 Å². The average molecular weight is 290 g/mol. The number of aryl methyl sites for hydroxylation is 1. The average Bonchev–Trinajstić information content (AvgIpc) is 2.28. The quantitative estimate of drug-likeness (QED) is 0.781. The summed E-state index contributed by atoms with van der Waals surface area (Å²) in [5.74, 6) is -0.892. The van der Waals surface area contributed by atoms with Gasteiger partial charge in [-0.3, -0.25) is 0 Å². The van der Waals surface area contributed by atoms with Crippen LogP contribution in [0.3, 0.4) is 0 Å². The summed E-state index contributed by atoms with van der Waals surface area (Å²) < 4.78 is 28.2. The molecule has 88 valence electrons. The summed E-state index contributed by atoms with van der Waals surface area (Å²) in [7, 11) is 0. The van der Waals surface area contributed by atoms with Gasteiger partial charge in [-0.15, -0.1) is 0 Å². The van der Waals surface area contributed by atoms with Gasteiger partial charge in [-0.1, -0.05) is 0 Å². The molecule has 0 radical (unpaired) electrons. The summed E-state index contributed by atoms with van der Waals surface area (Å²) in [6.45, 7) is 3.26. The molecule has 1 nitrogen and oxygen atoms in total. The van der Waals surface area contributed by atoms with E-state index in [2.05, 4.69) is 21.2 Å². The number of hydrogen-bond acceptors (Lipinski definition) is 1. The minimum atomic E-state index is -0.447. The highest BCUT2D eigenvalue weighted by Crippen LogP contribution is 2.33. The first-order chi connectivity index (χ1) is 7.61. The second-order valence-corrected chi connectivity index (χ2v) is 5.11. The molecule has 0 aromatic heterocycles. The lowest BCUT2D eigenvalue weighted by atomic mass is 9.90. The molecule has 1 saturated heterocycles. The molecule has 1 aromatic rings. The Bertz CT molecular complexity index is 374. The van der Waals surface area contributed by atoms with E-state index in [9.17, 15) is 8.78 Å². The van der Waals surface area contributed by atoms with Gasteiger partial charge in [-0.25, -0.2) is 8.78 Å². The van der Waals surface area contributed by atoms with Gasteiger partial charge in [-0.05, 0) is 53.9 Å². The van der Waals surface area contributed by atoms with E-state index in [0.717, 1.165) is 19.4 Å². The van der Waals surface area contributed by atoms with Gasteiger partial charge < -0.3 is 5.32 Å². The van der Waals surface area contributed by atoms with Crippen molar-refractivity contribution in [3.63, 3.8) is 0 Å². The van der Waals surface area contributed by atoms with Gasteiger partial charge in [0.15, 0.2) is 0 Å². The van der Waals surface area contributed by atoms with Crippen LogP contribution in [0, 0.1) is 18.6 Å². The topological polar surface area (TPSA) is 12.0 Å². The maximum Gasteiger partial charge on any atom is 0.143 e. The highest BCUT2D eigenvalue weighted by Gasteiger charge is 2.24. The fourth-order valence-corrected chi connectivity index (χ4v) is 2.77. The third kappa shape index (κ3) is 2.13. The molecule has 1 heterocycles. The van der Waals surface area contributed by atoms with E-state index in [-0.39, 0.29) is 11.5 Å². The fourth-order valence-electron chi connectivity index (χ4n) is 2.21. The minimum absolute atomic E-state index is 0.0510. The van der Waals surface area contributed by atoms with Crippen molar-refractivity contribution in [1.29, 1.82) is 0 Å². The Morgan fingerprint density at radius 1 is 1.38 bits per heavy atom. The van der Waals surface area contributed by atoms with Crippen LogP contribution in [0.25, 0.3) is 0 Å². The molecule has 4 heteroatoms. The van der Waals surface area contributed by atoms with Crippen LogP contribution >= 0.6 is 15.9 Å². The molecule has 2 rings (SSSR count). The molecule has 0 spiro atoms. The van der Waals surface area contributed by atoms with Crippen LogP contribution < -0.4 is 5.32 Å². The van der Waals surface area contributed by atoms with Crippen molar-refractivity contribution in [3.05, 3.63) is 33.3 Å². The van der Waals surface area contributed by atoms with Gasteiger partial charge in [0.25, 0.3) is 0 Å². The molecule has 1 unspecified atom stereocenters. The van der Waals surface area contributed by atoms with Crippen LogP contribution in [0.15, 0.2) is 10.5 Å². The standard InChI is InChI=1S/C12H14BrF2N/c1-7-5-9(13)12(15)10(11(7)14)8-3-2-4-16-6-8/h5,8,16H,2-4,6H2,1H3.